The van der Waals surface area contributed by atoms with E-state index in [-0.39, 0.29) is 0 Å². The summed E-state index contributed by atoms with van der Waals surface area (Å²) in [6, 6.07) is 13.2. The van der Waals surface area contributed by atoms with E-state index >= 15 is 0 Å². The molecule has 1 aliphatic heterocycles. The Kier molecular flexibility index (Phi) is 4.57. The van der Waals surface area contributed by atoms with Crippen LogP contribution >= 0.6 is 0 Å². The molecule has 2 aromatic carbocycles. The third-order valence-corrected chi connectivity index (χ3v) is 4.16. The molecule has 5 heteroatoms. The molecular weight excluding hydrogens is 301 g/mol. The van der Waals surface area contributed by atoms with Crippen molar-refractivity contribution < 1.29 is 13.2 Å². The van der Waals surface area contributed by atoms with Crippen LogP contribution in [0.15, 0.2) is 48.5 Å². The fourth-order valence-electron chi connectivity index (χ4n) is 2.92. The molecule has 0 amide bonds. The van der Waals surface area contributed by atoms with Crippen molar-refractivity contribution in [1.82, 2.24) is 5.32 Å². The summed E-state index contributed by atoms with van der Waals surface area (Å²) < 4.78 is 37.7. The maximum Gasteiger partial charge on any atom is 0.416 e. The van der Waals surface area contributed by atoms with Crippen LogP contribution in [-0.2, 0) is 6.18 Å². The minimum Gasteiger partial charge on any atom is -0.356 e. The first-order valence-corrected chi connectivity index (χ1v) is 7.77. The predicted octanol–water partition coefficient (Wildman–Crippen LogP) is 4.92. The van der Waals surface area contributed by atoms with Crippen LogP contribution in [0.3, 0.4) is 0 Å². The molecule has 1 aliphatic rings. The van der Waals surface area contributed by atoms with E-state index in [9.17, 15) is 13.2 Å². The number of anilines is 2. The lowest BCUT2D eigenvalue weighted by atomic mass is 9.91. The normalized spacial score (nSPS) is 18.7. The summed E-state index contributed by atoms with van der Waals surface area (Å²) in [5, 5.41) is 6.57. The smallest absolute Gasteiger partial charge is 0.356 e. The molecule has 0 saturated carbocycles. The van der Waals surface area contributed by atoms with Crippen LogP contribution < -0.4 is 10.6 Å². The average Bonchev–Trinajstić information content (AvgIpc) is 2.56. The van der Waals surface area contributed by atoms with Gasteiger partial charge in [0.2, 0.25) is 0 Å². The van der Waals surface area contributed by atoms with Crippen LogP contribution in [0.5, 0.6) is 0 Å². The minimum atomic E-state index is -4.30. The van der Waals surface area contributed by atoms with Gasteiger partial charge in [0.1, 0.15) is 0 Å². The van der Waals surface area contributed by atoms with Gasteiger partial charge in [-0.2, -0.15) is 13.2 Å². The van der Waals surface area contributed by atoms with Crippen LogP contribution in [-0.4, -0.2) is 13.1 Å². The Morgan fingerprint density at radius 3 is 2.43 bits per heavy atom. The zero-order valence-corrected chi connectivity index (χ0v) is 12.7. The molecule has 1 atom stereocenters. The van der Waals surface area contributed by atoms with E-state index in [0.29, 0.717) is 11.6 Å². The van der Waals surface area contributed by atoms with E-state index in [4.69, 9.17) is 0 Å². The van der Waals surface area contributed by atoms with Gasteiger partial charge in [0.15, 0.2) is 0 Å². The fourth-order valence-corrected chi connectivity index (χ4v) is 2.92. The Morgan fingerprint density at radius 2 is 1.78 bits per heavy atom. The van der Waals surface area contributed by atoms with Gasteiger partial charge in [0.25, 0.3) is 0 Å². The molecule has 2 nitrogen and oxygen atoms in total. The van der Waals surface area contributed by atoms with Gasteiger partial charge in [-0.25, -0.2) is 0 Å². The highest BCUT2D eigenvalue weighted by Crippen LogP contribution is 2.31. The van der Waals surface area contributed by atoms with Crippen LogP contribution in [0.1, 0.15) is 29.9 Å². The standard InChI is InChI=1S/C18H19F3N2/c19-18(20,21)15-6-8-16(9-7-15)23-17-5-1-3-13(11-17)14-4-2-10-22-12-14/h1,3,5-9,11,14,22-23H,2,4,10,12H2/t14-/m1/s1. The molecule has 0 aliphatic carbocycles. The summed E-state index contributed by atoms with van der Waals surface area (Å²) in [6.45, 7) is 2.05. The van der Waals surface area contributed by atoms with Crippen molar-refractivity contribution in [3.8, 4) is 0 Å². The molecule has 0 bridgehead atoms. The van der Waals surface area contributed by atoms with Crippen molar-refractivity contribution in [1.29, 1.82) is 0 Å². The first-order valence-electron chi connectivity index (χ1n) is 7.77. The van der Waals surface area contributed by atoms with Gasteiger partial charge in [-0.05, 0) is 67.3 Å². The van der Waals surface area contributed by atoms with Crippen molar-refractivity contribution in [2.24, 2.45) is 0 Å². The summed E-state index contributed by atoms with van der Waals surface area (Å²) in [7, 11) is 0. The van der Waals surface area contributed by atoms with Gasteiger partial charge >= 0.3 is 6.18 Å². The number of alkyl halides is 3. The topological polar surface area (TPSA) is 24.1 Å². The number of rotatable bonds is 3. The summed E-state index contributed by atoms with van der Waals surface area (Å²) in [5.41, 5.74) is 2.17. The van der Waals surface area contributed by atoms with Gasteiger partial charge < -0.3 is 10.6 Å². The first-order chi connectivity index (χ1) is 11.0. The van der Waals surface area contributed by atoms with Crippen molar-refractivity contribution in [2.45, 2.75) is 24.9 Å². The molecule has 0 radical (unpaired) electrons. The zero-order valence-electron chi connectivity index (χ0n) is 12.7. The zero-order chi connectivity index (χ0) is 16.3. The van der Waals surface area contributed by atoms with Crippen LogP contribution in [0, 0.1) is 0 Å². The highest BCUT2D eigenvalue weighted by Gasteiger charge is 2.29. The molecule has 3 rings (SSSR count). The predicted molar refractivity (Wildman–Crippen MR) is 86.0 cm³/mol. The molecule has 0 spiro atoms. The Bertz CT molecular complexity index is 644. The van der Waals surface area contributed by atoms with E-state index in [1.165, 1.54) is 24.1 Å². The van der Waals surface area contributed by atoms with E-state index in [1.807, 2.05) is 12.1 Å². The average molecular weight is 320 g/mol. The van der Waals surface area contributed by atoms with Gasteiger partial charge in [0, 0.05) is 17.9 Å². The van der Waals surface area contributed by atoms with E-state index in [2.05, 4.69) is 22.8 Å². The van der Waals surface area contributed by atoms with Crippen molar-refractivity contribution in [3.63, 3.8) is 0 Å². The van der Waals surface area contributed by atoms with Gasteiger partial charge in [-0.1, -0.05) is 12.1 Å². The molecule has 122 valence electrons. The summed E-state index contributed by atoms with van der Waals surface area (Å²) >= 11 is 0. The van der Waals surface area contributed by atoms with Crippen LogP contribution in [0.25, 0.3) is 0 Å². The Labute approximate surface area is 133 Å². The van der Waals surface area contributed by atoms with Crippen LogP contribution in [0.2, 0.25) is 0 Å². The molecule has 1 fully saturated rings. The maximum absolute atomic E-state index is 12.6. The van der Waals surface area contributed by atoms with Gasteiger partial charge in [-0.15, -0.1) is 0 Å². The molecule has 0 unspecified atom stereocenters. The second kappa shape index (κ2) is 6.62. The van der Waals surface area contributed by atoms with E-state index in [0.717, 1.165) is 37.3 Å². The lowest BCUT2D eigenvalue weighted by Crippen LogP contribution is -2.28. The van der Waals surface area contributed by atoms with Crippen LogP contribution in [0.4, 0.5) is 24.5 Å². The number of hydrogen-bond donors (Lipinski definition) is 2. The number of hydrogen-bond acceptors (Lipinski definition) is 2. The molecule has 2 aromatic rings. The molecule has 1 heterocycles. The lowest BCUT2D eigenvalue weighted by molar-refractivity contribution is -0.137. The highest BCUT2D eigenvalue weighted by atomic mass is 19.4. The largest absolute Gasteiger partial charge is 0.416 e. The van der Waals surface area contributed by atoms with E-state index in [1.54, 1.807) is 0 Å². The molecule has 2 N–H and O–H groups in total. The monoisotopic (exact) mass is 320 g/mol. The molecular formula is C18H19F3N2. The SMILES string of the molecule is FC(F)(F)c1ccc(Nc2cccc([C@@H]3CCCNC3)c2)cc1. The number of piperidine rings is 1. The quantitative estimate of drug-likeness (QED) is 0.839. The summed E-state index contributed by atoms with van der Waals surface area (Å²) in [4.78, 5) is 0. The van der Waals surface area contributed by atoms with E-state index < -0.39 is 11.7 Å². The Balaban J connectivity index is 1.72. The minimum absolute atomic E-state index is 0.498. The second-order valence-electron chi connectivity index (χ2n) is 5.87. The maximum atomic E-state index is 12.6. The fraction of sp³-hybridized carbons (Fsp3) is 0.333. The molecule has 1 saturated heterocycles. The first kappa shape index (κ1) is 15.9. The van der Waals surface area contributed by atoms with Gasteiger partial charge in [0.05, 0.1) is 5.56 Å². The number of benzene rings is 2. The van der Waals surface area contributed by atoms with Crippen molar-refractivity contribution >= 4 is 11.4 Å². The summed E-state index contributed by atoms with van der Waals surface area (Å²) in [6.07, 6.45) is -1.97. The second-order valence-corrected chi connectivity index (χ2v) is 5.87. The lowest BCUT2D eigenvalue weighted by Gasteiger charge is -2.23. The van der Waals surface area contributed by atoms with Crippen molar-refractivity contribution in [3.05, 3.63) is 59.7 Å². The molecule has 23 heavy (non-hydrogen) atoms. The number of halogens is 3. The third kappa shape index (κ3) is 4.05. The van der Waals surface area contributed by atoms with Gasteiger partial charge in [-0.3, -0.25) is 0 Å². The molecule has 0 aromatic heterocycles. The number of nitrogens with one attached hydrogen (secondary N) is 2. The Morgan fingerprint density at radius 1 is 1.00 bits per heavy atom. The summed E-state index contributed by atoms with van der Waals surface area (Å²) in [5.74, 6) is 0.498. The highest BCUT2D eigenvalue weighted by molar-refractivity contribution is 5.60. The third-order valence-electron chi connectivity index (χ3n) is 4.16. The van der Waals surface area contributed by atoms with Crippen molar-refractivity contribution in [2.75, 3.05) is 18.4 Å². The Hall–Kier alpha value is -2.01.